The Labute approximate surface area is 131 Å². The van der Waals surface area contributed by atoms with Gasteiger partial charge in [-0.1, -0.05) is 18.2 Å². The van der Waals surface area contributed by atoms with E-state index >= 15 is 0 Å². The highest BCUT2D eigenvalue weighted by Gasteiger charge is 2.49. The van der Waals surface area contributed by atoms with E-state index in [1.807, 2.05) is 12.1 Å². The van der Waals surface area contributed by atoms with Gasteiger partial charge in [-0.3, -0.25) is 0 Å². The highest BCUT2D eigenvalue weighted by atomic mass is 16.5. The first kappa shape index (κ1) is 14.1. The molecule has 2 heterocycles. The van der Waals surface area contributed by atoms with Crippen molar-refractivity contribution in [3.8, 4) is 11.5 Å². The average Bonchev–Trinajstić information content (AvgIpc) is 2.66. The second-order valence-electron chi connectivity index (χ2n) is 6.83. The molecule has 22 heavy (non-hydrogen) atoms. The van der Waals surface area contributed by atoms with Crippen molar-refractivity contribution in [1.29, 1.82) is 0 Å². The second kappa shape index (κ2) is 5.00. The number of aliphatic hydroxyl groups is 1. The zero-order valence-corrected chi connectivity index (χ0v) is 13.2. The van der Waals surface area contributed by atoms with Crippen LogP contribution in [-0.4, -0.2) is 43.4 Å². The Morgan fingerprint density at radius 3 is 3.09 bits per heavy atom. The van der Waals surface area contributed by atoms with E-state index in [0.29, 0.717) is 12.5 Å². The Balaban J connectivity index is 1.97. The van der Waals surface area contributed by atoms with Crippen molar-refractivity contribution in [3.05, 3.63) is 35.4 Å². The molecule has 1 aliphatic carbocycles. The molecule has 1 aromatic carbocycles. The van der Waals surface area contributed by atoms with Gasteiger partial charge in [0.15, 0.2) is 11.5 Å². The number of allylic oxidation sites excluding steroid dienone is 1. The number of aliphatic hydroxyl groups excluding tert-OH is 1. The Kier molecular flexibility index (Phi) is 3.20. The van der Waals surface area contributed by atoms with Gasteiger partial charge < -0.3 is 19.5 Å². The third-order valence-electron chi connectivity index (χ3n) is 5.54. The minimum Gasteiger partial charge on any atom is -0.493 e. The summed E-state index contributed by atoms with van der Waals surface area (Å²) in [5, 5.41) is 10.0. The number of hydrogen-bond acceptors (Lipinski definition) is 4. The predicted octanol–water partition coefficient (Wildman–Crippen LogP) is 2.10. The molecule has 4 heteroatoms. The Hall–Kier alpha value is -1.52. The molecule has 4 nitrogen and oxygen atoms in total. The number of methoxy groups -OCH3 is 1. The zero-order chi connectivity index (χ0) is 15.3. The molecular formula is C18H23NO3. The first-order valence-electron chi connectivity index (χ1n) is 8.03. The summed E-state index contributed by atoms with van der Waals surface area (Å²) in [7, 11) is 3.87. The van der Waals surface area contributed by atoms with Crippen LogP contribution in [0, 0.1) is 5.92 Å². The lowest BCUT2D eigenvalue weighted by Crippen LogP contribution is -2.45. The molecule has 2 aliphatic heterocycles. The van der Waals surface area contributed by atoms with Crippen LogP contribution in [0.15, 0.2) is 24.3 Å². The van der Waals surface area contributed by atoms with Gasteiger partial charge in [-0.2, -0.15) is 0 Å². The number of hydrogen-bond donors (Lipinski definition) is 1. The topological polar surface area (TPSA) is 41.9 Å². The molecule has 0 radical (unpaired) electrons. The largest absolute Gasteiger partial charge is 0.493 e. The molecule has 3 aliphatic rings. The van der Waals surface area contributed by atoms with Crippen molar-refractivity contribution in [2.24, 2.45) is 5.92 Å². The van der Waals surface area contributed by atoms with E-state index in [1.165, 1.54) is 11.1 Å². The third kappa shape index (κ3) is 1.90. The quantitative estimate of drug-likeness (QED) is 0.807. The van der Waals surface area contributed by atoms with Crippen LogP contribution in [0.2, 0.25) is 0 Å². The van der Waals surface area contributed by atoms with E-state index in [4.69, 9.17) is 9.47 Å². The summed E-state index contributed by atoms with van der Waals surface area (Å²) in [6.07, 6.45) is 5.70. The zero-order valence-electron chi connectivity index (χ0n) is 13.2. The van der Waals surface area contributed by atoms with E-state index in [1.54, 1.807) is 7.11 Å². The smallest absolute Gasteiger partial charge is 0.165 e. The molecule has 0 fully saturated rings. The fraction of sp³-hybridized carbons (Fsp3) is 0.556. The van der Waals surface area contributed by atoms with Crippen molar-refractivity contribution < 1.29 is 14.6 Å². The Morgan fingerprint density at radius 2 is 2.27 bits per heavy atom. The molecule has 0 aromatic heterocycles. The normalized spacial score (nSPS) is 33.4. The lowest BCUT2D eigenvalue weighted by Gasteiger charge is -2.46. The molecule has 1 aromatic rings. The van der Waals surface area contributed by atoms with Gasteiger partial charge in [0.05, 0.1) is 19.8 Å². The summed E-state index contributed by atoms with van der Waals surface area (Å²) < 4.78 is 11.6. The lowest BCUT2D eigenvalue weighted by atomic mass is 9.62. The molecule has 4 rings (SSSR count). The van der Waals surface area contributed by atoms with Crippen molar-refractivity contribution in [2.75, 3.05) is 27.3 Å². The molecule has 0 bridgehead atoms. The standard InChI is InChI=1S/C18H23NO3/c1-19-8-7-18-6-5-14(20)9-13(18)11-22-17-15(21-2)4-3-12(10-19)16(17)18/h3-6,13-14,20H,7-11H2,1-2H3/t13-,14+,18+/m1/s1. The monoisotopic (exact) mass is 301 g/mol. The maximum atomic E-state index is 10.0. The van der Waals surface area contributed by atoms with E-state index in [0.717, 1.165) is 37.4 Å². The Bertz CT molecular complexity index is 627. The SMILES string of the molecule is COc1ccc2c3c1OC[C@H]1C[C@@H](O)C=C[C@@]31CCN(C)C2. The molecule has 0 saturated heterocycles. The highest BCUT2D eigenvalue weighted by Crippen LogP contribution is 2.54. The molecule has 0 saturated carbocycles. The summed E-state index contributed by atoms with van der Waals surface area (Å²) in [6.45, 7) is 2.63. The average molecular weight is 301 g/mol. The summed E-state index contributed by atoms with van der Waals surface area (Å²) >= 11 is 0. The summed E-state index contributed by atoms with van der Waals surface area (Å²) in [6, 6.07) is 4.19. The summed E-state index contributed by atoms with van der Waals surface area (Å²) in [5.41, 5.74) is 2.58. The van der Waals surface area contributed by atoms with E-state index < -0.39 is 0 Å². The molecular weight excluding hydrogens is 278 g/mol. The van der Waals surface area contributed by atoms with Crippen LogP contribution in [0.5, 0.6) is 11.5 Å². The fourth-order valence-corrected chi connectivity index (χ4v) is 4.40. The van der Waals surface area contributed by atoms with Gasteiger partial charge in [0, 0.05) is 23.4 Å². The van der Waals surface area contributed by atoms with Crippen LogP contribution in [0.4, 0.5) is 0 Å². The van der Waals surface area contributed by atoms with E-state index in [2.05, 4.69) is 24.1 Å². The van der Waals surface area contributed by atoms with E-state index in [9.17, 15) is 5.11 Å². The van der Waals surface area contributed by atoms with Crippen molar-refractivity contribution in [2.45, 2.75) is 30.9 Å². The molecule has 118 valence electrons. The van der Waals surface area contributed by atoms with Gasteiger partial charge in [-0.15, -0.1) is 0 Å². The van der Waals surface area contributed by atoms with Gasteiger partial charge >= 0.3 is 0 Å². The summed E-state index contributed by atoms with van der Waals surface area (Å²) in [5.74, 6) is 2.06. The molecule has 0 unspecified atom stereocenters. The van der Waals surface area contributed by atoms with Crippen LogP contribution in [0.3, 0.4) is 0 Å². The van der Waals surface area contributed by atoms with Gasteiger partial charge in [0.25, 0.3) is 0 Å². The minimum atomic E-state index is -0.351. The van der Waals surface area contributed by atoms with Crippen molar-refractivity contribution >= 4 is 0 Å². The first-order valence-corrected chi connectivity index (χ1v) is 8.03. The van der Waals surface area contributed by atoms with Crippen molar-refractivity contribution in [3.63, 3.8) is 0 Å². The van der Waals surface area contributed by atoms with Gasteiger partial charge in [0.1, 0.15) is 0 Å². The first-order chi connectivity index (χ1) is 10.6. The number of nitrogens with zero attached hydrogens (tertiary/aromatic N) is 1. The van der Waals surface area contributed by atoms with Gasteiger partial charge in [-0.25, -0.2) is 0 Å². The number of ether oxygens (including phenoxy) is 2. The summed E-state index contributed by atoms with van der Waals surface area (Å²) in [4.78, 5) is 2.37. The lowest BCUT2D eigenvalue weighted by molar-refractivity contribution is 0.0808. The number of rotatable bonds is 1. The minimum absolute atomic E-state index is 0.0263. The van der Waals surface area contributed by atoms with Gasteiger partial charge in [0.2, 0.25) is 0 Å². The van der Waals surface area contributed by atoms with Gasteiger partial charge in [-0.05, 0) is 38.1 Å². The molecule has 3 atom stereocenters. The van der Waals surface area contributed by atoms with Crippen LogP contribution < -0.4 is 9.47 Å². The molecule has 1 spiro atoms. The van der Waals surface area contributed by atoms with Crippen LogP contribution in [0.25, 0.3) is 0 Å². The fourth-order valence-electron chi connectivity index (χ4n) is 4.40. The van der Waals surface area contributed by atoms with Crippen LogP contribution >= 0.6 is 0 Å². The maximum Gasteiger partial charge on any atom is 0.165 e. The third-order valence-corrected chi connectivity index (χ3v) is 5.54. The Morgan fingerprint density at radius 1 is 1.41 bits per heavy atom. The van der Waals surface area contributed by atoms with Crippen molar-refractivity contribution in [1.82, 2.24) is 4.90 Å². The van der Waals surface area contributed by atoms with Crippen LogP contribution in [0.1, 0.15) is 24.0 Å². The highest BCUT2D eigenvalue weighted by molar-refractivity contribution is 5.58. The second-order valence-corrected chi connectivity index (χ2v) is 6.83. The van der Waals surface area contributed by atoms with E-state index in [-0.39, 0.29) is 11.5 Å². The number of benzene rings is 1. The maximum absolute atomic E-state index is 10.0. The predicted molar refractivity (Wildman–Crippen MR) is 84.4 cm³/mol. The molecule has 0 amide bonds. The molecule has 1 N–H and O–H groups in total. The van der Waals surface area contributed by atoms with Crippen LogP contribution in [-0.2, 0) is 12.0 Å².